The zero-order valence-corrected chi connectivity index (χ0v) is 9.61. The Kier molecular flexibility index (Phi) is 3.37. The van der Waals surface area contributed by atoms with Crippen molar-refractivity contribution in [2.75, 3.05) is 7.11 Å². The molecule has 2 aromatic carbocycles. The molecule has 0 saturated heterocycles. The van der Waals surface area contributed by atoms with E-state index in [1.54, 1.807) is 0 Å². The van der Waals surface area contributed by atoms with Crippen LogP contribution in [0.15, 0.2) is 36.4 Å². The molecule has 0 aromatic heterocycles. The lowest BCUT2D eigenvalue weighted by Crippen LogP contribution is -1.95. The SMILES string of the molecule is COc1ccc(C=O)cc1-c1c(F)cccc1F. The first kappa shape index (κ1) is 12.2. The molecule has 0 spiro atoms. The van der Waals surface area contributed by atoms with Crippen molar-refractivity contribution in [3.63, 3.8) is 0 Å². The molecule has 2 nitrogen and oxygen atoms in total. The van der Waals surface area contributed by atoms with Gasteiger partial charge < -0.3 is 4.74 Å². The van der Waals surface area contributed by atoms with Crippen molar-refractivity contribution < 1.29 is 18.3 Å². The van der Waals surface area contributed by atoms with Crippen LogP contribution < -0.4 is 4.74 Å². The molecule has 0 aliphatic rings. The van der Waals surface area contributed by atoms with E-state index in [1.807, 2.05) is 0 Å². The van der Waals surface area contributed by atoms with Gasteiger partial charge >= 0.3 is 0 Å². The average molecular weight is 248 g/mol. The van der Waals surface area contributed by atoms with Crippen LogP contribution in [0.4, 0.5) is 8.78 Å². The molecule has 2 aromatic rings. The third-order valence-electron chi connectivity index (χ3n) is 2.59. The van der Waals surface area contributed by atoms with E-state index in [0.29, 0.717) is 17.6 Å². The van der Waals surface area contributed by atoms with Gasteiger partial charge in [0.2, 0.25) is 0 Å². The summed E-state index contributed by atoms with van der Waals surface area (Å²) in [5, 5.41) is 0. The number of halogens is 2. The van der Waals surface area contributed by atoms with Gasteiger partial charge in [-0.25, -0.2) is 8.78 Å². The number of carbonyl (C=O) groups is 1. The van der Waals surface area contributed by atoms with Crippen molar-refractivity contribution in [2.45, 2.75) is 0 Å². The highest BCUT2D eigenvalue weighted by molar-refractivity contribution is 5.81. The summed E-state index contributed by atoms with van der Waals surface area (Å²) in [5.74, 6) is -1.09. The predicted molar refractivity (Wildman–Crippen MR) is 63.7 cm³/mol. The van der Waals surface area contributed by atoms with E-state index in [9.17, 15) is 13.6 Å². The summed E-state index contributed by atoms with van der Waals surface area (Å²) in [4.78, 5) is 10.7. The van der Waals surface area contributed by atoms with E-state index >= 15 is 0 Å². The molecule has 0 radical (unpaired) electrons. The van der Waals surface area contributed by atoms with Gasteiger partial charge in [-0.05, 0) is 30.3 Å². The average Bonchev–Trinajstić information content (AvgIpc) is 2.38. The van der Waals surface area contributed by atoms with Crippen molar-refractivity contribution >= 4 is 6.29 Å². The van der Waals surface area contributed by atoms with Gasteiger partial charge in [0.05, 0.1) is 12.7 Å². The van der Waals surface area contributed by atoms with Crippen molar-refractivity contribution in [2.24, 2.45) is 0 Å². The standard InChI is InChI=1S/C14H10F2O2/c1-18-13-6-5-9(8-17)7-10(13)14-11(15)3-2-4-12(14)16/h2-8H,1H3. The topological polar surface area (TPSA) is 26.3 Å². The Morgan fingerprint density at radius 3 is 2.33 bits per heavy atom. The Bertz CT molecular complexity index is 574. The second kappa shape index (κ2) is 4.96. The molecular formula is C14H10F2O2. The number of aldehydes is 1. The molecule has 0 aliphatic heterocycles. The lowest BCUT2D eigenvalue weighted by molar-refractivity contribution is 0.112. The molecule has 4 heteroatoms. The van der Waals surface area contributed by atoms with Crippen LogP contribution in [0.1, 0.15) is 10.4 Å². The summed E-state index contributed by atoms with van der Waals surface area (Å²) in [7, 11) is 1.40. The molecular weight excluding hydrogens is 238 g/mol. The van der Waals surface area contributed by atoms with E-state index < -0.39 is 11.6 Å². The van der Waals surface area contributed by atoms with Crippen molar-refractivity contribution in [3.8, 4) is 16.9 Å². The molecule has 0 heterocycles. The van der Waals surface area contributed by atoms with Crippen molar-refractivity contribution in [3.05, 3.63) is 53.6 Å². The highest BCUT2D eigenvalue weighted by Gasteiger charge is 2.15. The van der Waals surface area contributed by atoms with Crippen LogP contribution in [0.3, 0.4) is 0 Å². The molecule has 0 bridgehead atoms. The van der Waals surface area contributed by atoms with Crippen LogP contribution in [-0.2, 0) is 0 Å². The van der Waals surface area contributed by atoms with Crippen LogP contribution in [0, 0.1) is 11.6 Å². The third kappa shape index (κ3) is 2.09. The summed E-state index contributed by atoms with van der Waals surface area (Å²) in [6.07, 6.45) is 0.613. The quantitative estimate of drug-likeness (QED) is 0.777. The molecule has 0 amide bonds. The number of benzene rings is 2. The van der Waals surface area contributed by atoms with E-state index in [2.05, 4.69) is 0 Å². The van der Waals surface area contributed by atoms with Gasteiger partial charge in [0.1, 0.15) is 23.7 Å². The second-order valence-electron chi connectivity index (χ2n) is 3.67. The third-order valence-corrected chi connectivity index (χ3v) is 2.59. The molecule has 92 valence electrons. The van der Waals surface area contributed by atoms with Gasteiger partial charge in [0.15, 0.2) is 0 Å². The fraction of sp³-hybridized carbons (Fsp3) is 0.0714. The number of rotatable bonds is 3. The van der Waals surface area contributed by atoms with Crippen LogP contribution in [0.25, 0.3) is 11.1 Å². The summed E-state index contributed by atoms with van der Waals surface area (Å²) < 4.78 is 32.5. The van der Waals surface area contributed by atoms with Gasteiger partial charge in [-0.2, -0.15) is 0 Å². The predicted octanol–water partition coefficient (Wildman–Crippen LogP) is 3.45. The molecule has 0 fully saturated rings. The summed E-state index contributed by atoms with van der Waals surface area (Å²) >= 11 is 0. The molecule has 0 saturated carbocycles. The monoisotopic (exact) mass is 248 g/mol. The number of methoxy groups -OCH3 is 1. The van der Waals surface area contributed by atoms with Crippen LogP contribution in [-0.4, -0.2) is 13.4 Å². The fourth-order valence-corrected chi connectivity index (χ4v) is 1.75. The van der Waals surface area contributed by atoms with E-state index in [1.165, 1.54) is 31.4 Å². The Balaban J connectivity index is 2.72. The summed E-state index contributed by atoms with van der Waals surface area (Å²) in [6.45, 7) is 0. The Labute approximate surface area is 103 Å². The van der Waals surface area contributed by atoms with E-state index in [-0.39, 0.29) is 11.1 Å². The van der Waals surface area contributed by atoms with Crippen LogP contribution >= 0.6 is 0 Å². The van der Waals surface area contributed by atoms with Crippen molar-refractivity contribution in [1.29, 1.82) is 0 Å². The lowest BCUT2D eigenvalue weighted by atomic mass is 10.0. The molecule has 0 unspecified atom stereocenters. The van der Waals surface area contributed by atoms with E-state index in [4.69, 9.17) is 4.74 Å². The van der Waals surface area contributed by atoms with Crippen LogP contribution in [0.5, 0.6) is 5.75 Å². The molecule has 2 rings (SSSR count). The number of carbonyl (C=O) groups excluding carboxylic acids is 1. The normalized spacial score (nSPS) is 10.2. The lowest BCUT2D eigenvalue weighted by Gasteiger charge is -2.10. The maximum atomic E-state index is 13.7. The first-order valence-corrected chi connectivity index (χ1v) is 5.25. The second-order valence-corrected chi connectivity index (χ2v) is 3.67. The van der Waals surface area contributed by atoms with Crippen LogP contribution in [0.2, 0.25) is 0 Å². The Morgan fingerprint density at radius 1 is 1.11 bits per heavy atom. The number of hydrogen-bond acceptors (Lipinski definition) is 2. The first-order valence-electron chi connectivity index (χ1n) is 5.25. The molecule has 0 aliphatic carbocycles. The van der Waals surface area contributed by atoms with Gasteiger partial charge in [-0.15, -0.1) is 0 Å². The highest BCUT2D eigenvalue weighted by atomic mass is 19.1. The minimum absolute atomic E-state index is 0.196. The Morgan fingerprint density at radius 2 is 1.78 bits per heavy atom. The minimum Gasteiger partial charge on any atom is -0.496 e. The smallest absolute Gasteiger partial charge is 0.150 e. The zero-order valence-electron chi connectivity index (χ0n) is 9.61. The molecule has 18 heavy (non-hydrogen) atoms. The van der Waals surface area contributed by atoms with E-state index in [0.717, 1.165) is 12.1 Å². The molecule has 0 atom stereocenters. The highest BCUT2D eigenvalue weighted by Crippen LogP contribution is 2.34. The maximum absolute atomic E-state index is 13.7. The maximum Gasteiger partial charge on any atom is 0.150 e. The fourth-order valence-electron chi connectivity index (χ4n) is 1.75. The van der Waals surface area contributed by atoms with Gasteiger partial charge in [-0.3, -0.25) is 4.79 Å². The van der Waals surface area contributed by atoms with Crippen molar-refractivity contribution in [1.82, 2.24) is 0 Å². The van der Waals surface area contributed by atoms with Gasteiger partial charge in [-0.1, -0.05) is 6.07 Å². The number of ether oxygens (including phenoxy) is 1. The Hall–Kier alpha value is -2.23. The van der Waals surface area contributed by atoms with Gasteiger partial charge in [0, 0.05) is 11.1 Å². The largest absolute Gasteiger partial charge is 0.496 e. The first-order chi connectivity index (χ1) is 8.67. The zero-order chi connectivity index (χ0) is 13.1. The summed E-state index contributed by atoms with van der Waals surface area (Å²) in [6, 6.07) is 8.02. The number of hydrogen-bond donors (Lipinski definition) is 0. The summed E-state index contributed by atoms with van der Waals surface area (Å²) in [5.41, 5.74) is 0.351. The minimum atomic E-state index is -0.698. The molecule has 0 N–H and O–H groups in total. The van der Waals surface area contributed by atoms with Gasteiger partial charge in [0.25, 0.3) is 0 Å².